The van der Waals surface area contributed by atoms with Crippen molar-refractivity contribution >= 4 is 0 Å². The number of hydrogen-bond donors (Lipinski definition) is 1. The van der Waals surface area contributed by atoms with Crippen LogP contribution in [0.2, 0.25) is 0 Å². The quantitative estimate of drug-likeness (QED) is 0.845. The Morgan fingerprint density at radius 3 is 2.44 bits per heavy atom. The number of halogens is 3. The summed E-state index contributed by atoms with van der Waals surface area (Å²) in [5.41, 5.74) is 0.338. The minimum absolute atomic E-state index is 0.101. The molecule has 1 unspecified atom stereocenters. The Bertz CT molecular complexity index is 502. The molecule has 1 aromatic heterocycles. The summed E-state index contributed by atoms with van der Waals surface area (Å²) < 4.78 is 43.9. The number of furan rings is 1. The number of benzene rings is 1. The smallest absolute Gasteiger partial charge is 0.194 e. The average molecular weight is 255 g/mol. The van der Waals surface area contributed by atoms with Crippen molar-refractivity contribution in [3.8, 4) is 0 Å². The van der Waals surface area contributed by atoms with Crippen LogP contribution in [0.5, 0.6) is 0 Å². The van der Waals surface area contributed by atoms with Crippen molar-refractivity contribution in [3.63, 3.8) is 0 Å². The summed E-state index contributed by atoms with van der Waals surface area (Å²) in [6.45, 7) is 2.07. The summed E-state index contributed by atoms with van der Waals surface area (Å²) in [6.07, 6.45) is 1.55. The maximum atomic E-state index is 13.0. The van der Waals surface area contributed by atoms with E-state index in [-0.39, 0.29) is 12.6 Å². The molecule has 0 saturated carbocycles. The number of nitrogens with one attached hydrogen (secondary N) is 1. The van der Waals surface area contributed by atoms with Gasteiger partial charge in [-0.15, -0.1) is 0 Å². The third kappa shape index (κ3) is 2.73. The van der Waals surface area contributed by atoms with Crippen molar-refractivity contribution in [2.24, 2.45) is 0 Å². The zero-order valence-electron chi connectivity index (χ0n) is 9.71. The molecular weight excluding hydrogens is 243 g/mol. The molecule has 2 aromatic rings. The van der Waals surface area contributed by atoms with Gasteiger partial charge in [-0.25, -0.2) is 13.2 Å². The van der Waals surface area contributed by atoms with E-state index >= 15 is 0 Å². The highest BCUT2D eigenvalue weighted by molar-refractivity contribution is 5.19. The lowest BCUT2D eigenvalue weighted by Gasteiger charge is -2.11. The lowest BCUT2D eigenvalue weighted by molar-refractivity contribution is 0.424. The van der Waals surface area contributed by atoms with E-state index in [0.717, 1.165) is 17.9 Å². The largest absolute Gasteiger partial charge is 0.468 e. The summed E-state index contributed by atoms with van der Waals surface area (Å²) in [5, 5.41) is 3.03. The van der Waals surface area contributed by atoms with Crippen LogP contribution in [-0.2, 0) is 6.54 Å². The standard InChI is InChI=1S/C13H12F3NO/c1-8(12-3-2-4-18-12)17-7-9-5-10(14)13(16)11(15)6-9/h2-6,8,17H,7H2,1H3. The van der Waals surface area contributed by atoms with Crippen molar-refractivity contribution in [1.82, 2.24) is 5.32 Å². The molecule has 0 amide bonds. The molecule has 0 bridgehead atoms. The predicted octanol–water partition coefficient (Wildman–Crippen LogP) is 3.55. The van der Waals surface area contributed by atoms with Gasteiger partial charge in [-0.1, -0.05) is 0 Å². The summed E-state index contributed by atoms with van der Waals surface area (Å²) in [4.78, 5) is 0. The van der Waals surface area contributed by atoms with Crippen LogP contribution >= 0.6 is 0 Å². The van der Waals surface area contributed by atoms with Gasteiger partial charge >= 0.3 is 0 Å². The van der Waals surface area contributed by atoms with Crippen LogP contribution in [0.15, 0.2) is 34.9 Å². The van der Waals surface area contributed by atoms with E-state index in [0.29, 0.717) is 5.56 Å². The van der Waals surface area contributed by atoms with Crippen molar-refractivity contribution in [2.75, 3.05) is 0 Å². The van der Waals surface area contributed by atoms with Crippen molar-refractivity contribution < 1.29 is 17.6 Å². The van der Waals surface area contributed by atoms with E-state index in [9.17, 15) is 13.2 Å². The first-order valence-electron chi connectivity index (χ1n) is 5.48. The fraction of sp³-hybridized carbons (Fsp3) is 0.231. The van der Waals surface area contributed by atoms with Crippen molar-refractivity contribution in [2.45, 2.75) is 19.5 Å². The second-order valence-electron chi connectivity index (χ2n) is 3.99. The Balaban J connectivity index is 2.02. The molecule has 0 aliphatic heterocycles. The van der Waals surface area contributed by atoms with E-state index in [1.807, 2.05) is 6.92 Å². The van der Waals surface area contributed by atoms with Gasteiger partial charge in [-0.2, -0.15) is 0 Å². The first-order valence-corrected chi connectivity index (χ1v) is 5.48. The topological polar surface area (TPSA) is 25.2 Å². The summed E-state index contributed by atoms with van der Waals surface area (Å²) in [6, 6.07) is 5.39. The van der Waals surface area contributed by atoms with E-state index in [1.165, 1.54) is 0 Å². The molecule has 0 radical (unpaired) electrons. The van der Waals surface area contributed by atoms with E-state index < -0.39 is 17.5 Å². The van der Waals surface area contributed by atoms with Crippen molar-refractivity contribution in [3.05, 3.63) is 59.3 Å². The molecule has 5 heteroatoms. The fourth-order valence-electron chi connectivity index (χ4n) is 1.62. The van der Waals surface area contributed by atoms with Gasteiger partial charge in [0, 0.05) is 6.54 Å². The zero-order valence-corrected chi connectivity index (χ0v) is 9.71. The van der Waals surface area contributed by atoms with E-state index in [4.69, 9.17) is 4.42 Å². The van der Waals surface area contributed by atoms with E-state index in [1.54, 1.807) is 18.4 Å². The molecule has 2 rings (SSSR count). The van der Waals surface area contributed by atoms with Gasteiger partial charge in [0.25, 0.3) is 0 Å². The van der Waals surface area contributed by atoms with Gasteiger partial charge in [-0.3, -0.25) is 0 Å². The minimum Gasteiger partial charge on any atom is -0.468 e. The maximum Gasteiger partial charge on any atom is 0.194 e. The van der Waals surface area contributed by atoms with Crippen LogP contribution in [0.3, 0.4) is 0 Å². The van der Waals surface area contributed by atoms with Gasteiger partial charge in [0.1, 0.15) is 5.76 Å². The highest BCUT2D eigenvalue weighted by Crippen LogP contribution is 2.16. The Morgan fingerprint density at radius 1 is 1.22 bits per heavy atom. The predicted molar refractivity (Wildman–Crippen MR) is 60.3 cm³/mol. The second kappa shape index (κ2) is 5.27. The molecule has 1 atom stereocenters. The van der Waals surface area contributed by atoms with Crippen LogP contribution in [0.25, 0.3) is 0 Å². The fourth-order valence-corrected chi connectivity index (χ4v) is 1.62. The molecule has 0 aliphatic rings. The molecule has 0 saturated heterocycles. The Kier molecular flexibility index (Phi) is 3.72. The lowest BCUT2D eigenvalue weighted by Crippen LogP contribution is -2.18. The van der Waals surface area contributed by atoms with E-state index in [2.05, 4.69) is 5.32 Å². The van der Waals surface area contributed by atoms with Gasteiger partial charge in [-0.05, 0) is 36.8 Å². The minimum atomic E-state index is -1.45. The Labute approximate surface area is 102 Å². The lowest BCUT2D eigenvalue weighted by atomic mass is 10.2. The first kappa shape index (κ1) is 12.7. The number of hydrogen-bond acceptors (Lipinski definition) is 2. The summed E-state index contributed by atoms with van der Waals surface area (Å²) >= 11 is 0. The molecule has 2 nitrogen and oxygen atoms in total. The third-order valence-corrected chi connectivity index (χ3v) is 2.63. The molecule has 1 N–H and O–H groups in total. The average Bonchev–Trinajstić information content (AvgIpc) is 2.86. The monoisotopic (exact) mass is 255 g/mol. The third-order valence-electron chi connectivity index (χ3n) is 2.63. The summed E-state index contributed by atoms with van der Waals surface area (Å²) in [7, 11) is 0. The first-order chi connectivity index (χ1) is 8.58. The van der Waals surface area contributed by atoms with Crippen molar-refractivity contribution in [1.29, 1.82) is 0 Å². The van der Waals surface area contributed by atoms with Gasteiger partial charge < -0.3 is 9.73 Å². The molecule has 1 heterocycles. The highest BCUT2D eigenvalue weighted by atomic mass is 19.2. The van der Waals surface area contributed by atoms with Crippen LogP contribution in [-0.4, -0.2) is 0 Å². The number of rotatable bonds is 4. The highest BCUT2D eigenvalue weighted by Gasteiger charge is 2.12. The van der Waals surface area contributed by atoms with Crippen LogP contribution in [0, 0.1) is 17.5 Å². The SMILES string of the molecule is CC(NCc1cc(F)c(F)c(F)c1)c1ccco1. The normalized spacial score (nSPS) is 12.7. The molecule has 1 aromatic carbocycles. The Morgan fingerprint density at radius 2 is 1.89 bits per heavy atom. The molecule has 0 aliphatic carbocycles. The molecule has 0 fully saturated rings. The van der Waals surface area contributed by atoms with Gasteiger partial charge in [0.2, 0.25) is 0 Å². The molecular formula is C13H12F3NO. The zero-order chi connectivity index (χ0) is 13.1. The summed E-state index contributed by atoms with van der Waals surface area (Å²) in [5.74, 6) is -3.09. The molecule has 0 spiro atoms. The van der Waals surface area contributed by atoms with Gasteiger partial charge in [0.15, 0.2) is 17.5 Å². The maximum absolute atomic E-state index is 13.0. The molecule has 18 heavy (non-hydrogen) atoms. The Hall–Kier alpha value is -1.75. The van der Waals surface area contributed by atoms with Crippen LogP contribution < -0.4 is 5.32 Å². The van der Waals surface area contributed by atoms with Crippen LogP contribution in [0.1, 0.15) is 24.3 Å². The second-order valence-corrected chi connectivity index (χ2v) is 3.99. The van der Waals surface area contributed by atoms with Gasteiger partial charge in [0.05, 0.1) is 12.3 Å². The van der Waals surface area contributed by atoms with Crippen LogP contribution in [0.4, 0.5) is 13.2 Å². The molecule has 96 valence electrons.